The van der Waals surface area contributed by atoms with Crippen molar-refractivity contribution in [2.75, 3.05) is 6.54 Å². The Labute approximate surface area is 156 Å². The molecule has 0 aliphatic heterocycles. The zero-order valence-electron chi connectivity index (χ0n) is 13.9. The van der Waals surface area contributed by atoms with Crippen LogP contribution >= 0.6 is 12.2 Å². The first kappa shape index (κ1) is 17.5. The minimum absolute atomic E-state index is 0.220. The standard InChI is InChI=1S/C20H17N3O2S/c24-20(25-15-17-5-2-1-3-6-17)22-12-4-7-16-8-10-18(11-9-16)23-14-13-21-19(23)26/h1-3,5-6,8-11,13-14H,12,15H2,(H,21,26)(H,22,24). The normalized spacial score (nSPS) is 9.85. The summed E-state index contributed by atoms with van der Waals surface area (Å²) >= 11 is 5.19. The van der Waals surface area contributed by atoms with Crippen LogP contribution in [0.1, 0.15) is 11.1 Å². The lowest BCUT2D eigenvalue weighted by atomic mass is 10.2. The number of carbonyl (C=O) groups excluding carboxylic acids is 1. The van der Waals surface area contributed by atoms with Crippen molar-refractivity contribution in [1.29, 1.82) is 0 Å². The van der Waals surface area contributed by atoms with Crippen LogP contribution in [0.2, 0.25) is 0 Å². The molecule has 0 unspecified atom stereocenters. The summed E-state index contributed by atoms with van der Waals surface area (Å²) in [5, 5.41) is 2.61. The lowest BCUT2D eigenvalue weighted by Crippen LogP contribution is -2.24. The number of aromatic amines is 1. The van der Waals surface area contributed by atoms with Crippen molar-refractivity contribution in [3.05, 3.63) is 82.9 Å². The van der Waals surface area contributed by atoms with E-state index in [2.05, 4.69) is 22.1 Å². The molecule has 1 aromatic heterocycles. The highest BCUT2D eigenvalue weighted by Gasteiger charge is 2.00. The molecule has 0 saturated heterocycles. The number of imidazole rings is 1. The monoisotopic (exact) mass is 363 g/mol. The number of hydrogen-bond donors (Lipinski definition) is 2. The zero-order chi connectivity index (χ0) is 18.2. The van der Waals surface area contributed by atoms with Crippen LogP contribution < -0.4 is 5.32 Å². The van der Waals surface area contributed by atoms with E-state index in [9.17, 15) is 4.79 Å². The van der Waals surface area contributed by atoms with E-state index in [1.165, 1.54) is 0 Å². The van der Waals surface area contributed by atoms with Crippen molar-refractivity contribution in [2.24, 2.45) is 0 Å². The average molecular weight is 363 g/mol. The number of rotatable bonds is 4. The molecule has 0 atom stereocenters. The zero-order valence-corrected chi connectivity index (χ0v) is 14.8. The van der Waals surface area contributed by atoms with Crippen molar-refractivity contribution in [3.8, 4) is 17.5 Å². The highest BCUT2D eigenvalue weighted by atomic mass is 32.1. The lowest BCUT2D eigenvalue weighted by molar-refractivity contribution is 0.141. The Kier molecular flexibility index (Phi) is 5.86. The second kappa shape index (κ2) is 8.70. The van der Waals surface area contributed by atoms with Crippen LogP contribution in [0.5, 0.6) is 0 Å². The van der Waals surface area contributed by atoms with E-state index in [-0.39, 0.29) is 13.2 Å². The van der Waals surface area contributed by atoms with Gasteiger partial charge in [0.15, 0.2) is 4.77 Å². The lowest BCUT2D eigenvalue weighted by Gasteiger charge is -2.04. The van der Waals surface area contributed by atoms with Crippen molar-refractivity contribution in [3.63, 3.8) is 0 Å². The predicted molar refractivity (Wildman–Crippen MR) is 102 cm³/mol. The Morgan fingerprint density at radius 3 is 2.62 bits per heavy atom. The van der Waals surface area contributed by atoms with Crippen LogP contribution in [0.4, 0.5) is 4.79 Å². The van der Waals surface area contributed by atoms with Gasteiger partial charge in [0.25, 0.3) is 0 Å². The van der Waals surface area contributed by atoms with E-state index < -0.39 is 6.09 Å². The van der Waals surface area contributed by atoms with Crippen LogP contribution in [0.3, 0.4) is 0 Å². The van der Waals surface area contributed by atoms with Gasteiger partial charge in [-0.25, -0.2) is 4.79 Å². The minimum Gasteiger partial charge on any atom is -0.445 e. The highest BCUT2D eigenvalue weighted by Crippen LogP contribution is 2.09. The summed E-state index contributed by atoms with van der Waals surface area (Å²) in [5.41, 5.74) is 2.76. The summed E-state index contributed by atoms with van der Waals surface area (Å²) in [7, 11) is 0. The molecular weight excluding hydrogens is 346 g/mol. The van der Waals surface area contributed by atoms with Gasteiger partial charge in [-0.15, -0.1) is 0 Å². The first-order chi connectivity index (χ1) is 12.7. The molecule has 0 spiro atoms. The molecule has 0 aliphatic carbocycles. The van der Waals surface area contributed by atoms with E-state index in [1.54, 1.807) is 6.20 Å². The van der Waals surface area contributed by atoms with E-state index in [0.717, 1.165) is 16.8 Å². The molecule has 0 radical (unpaired) electrons. The Morgan fingerprint density at radius 2 is 1.92 bits per heavy atom. The highest BCUT2D eigenvalue weighted by molar-refractivity contribution is 7.71. The fourth-order valence-corrected chi connectivity index (χ4v) is 2.50. The van der Waals surface area contributed by atoms with Gasteiger partial charge in [0.05, 0.1) is 6.54 Å². The van der Waals surface area contributed by atoms with Gasteiger partial charge in [-0.3, -0.25) is 4.57 Å². The number of benzene rings is 2. The summed E-state index contributed by atoms with van der Waals surface area (Å²) in [6.45, 7) is 0.460. The van der Waals surface area contributed by atoms with E-state index in [4.69, 9.17) is 17.0 Å². The van der Waals surface area contributed by atoms with Gasteiger partial charge in [0, 0.05) is 23.6 Å². The van der Waals surface area contributed by atoms with E-state index >= 15 is 0 Å². The maximum atomic E-state index is 11.6. The summed E-state index contributed by atoms with van der Waals surface area (Å²) < 4.78 is 7.63. The summed E-state index contributed by atoms with van der Waals surface area (Å²) in [6.07, 6.45) is 3.17. The molecule has 0 bridgehead atoms. The number of H-pyrrole nitrogens is 1. The fraction of sp³-hybridized carbons (Fsp3) is 0.100. The van der Waals surface area contributed by atoms with Crippen LogP contribution in [0.25, 0.3) is 5.69 Å². The third kappa shape index (κ3) is 4.85. The molecule has 0 aliphatic rings. The second-order valence-electron chi connectivity index (χ2n) is 5.40. The molecule has 0 saturated carbocycles. The molecular formula is C20H17N3O2S. The third-order valence-corrected chi connectivity index (χ3v) is 3.88. The maximum absolute atomic E-state index is 11.6. The number of alkyl carbamates (subject to hydrolysis) is 1. The molecule has 26 heavy (non-hydrogen) atoms. The van der Waals surface area contributed by atoms with Gasteiger partial charge in [-0.2, -0.15) is 0 Å². The van der Waals surface area contributed by atoms with Crippen LogP contribution in [0, 0.1) is 16.6 Å². The number of aromatic nitrogens is 2. The van der Waals surface area contributed by atoms with E-state index in [0.29, 0.717) is 4.77 Å². The van der Waals surface area contributed by atoms with Crippen LogP contribution in [0.15, 0.2) is 67.0 Å². The average Bonchev–Trinajstić information content (AvgIpc) is 3.11. The fourth-order valence-electron chi connectivity index (χ4n) is 2.27. The van der Waals surface area contributed by atoms with Crippen molar-refractivity contribution < 1.29 is 9.53 Å². The quantitative estimate of drug-likeness (QED) is 0.547. The Morgan fingerprint density at radius 1 is 1.15 bits per heavy atom. The molecule has 2 N–H and O–H groups in total. The van der Waals surface area contributed by atoms with Gasteiger partial charge in [0.2, 0.25) is 0 Å². The first-order valence-electron chi connectivity index (χ1n) is 8.02. The molecule has 3 aromatic rings. The number of carbonyl (C=O) groups is 1. The Bertz CT molecular complexity index is 979. The Balaban J connectivity index is 1.47. The third-order valence-electron chi connectivity index (χ3n) is 3.56. The van der Waals surface area contributed by atoms with E-state index in [1.807, 2.05) is 65.4 Å². The number of nitrogens with zero attached hydrogens (tertiary/aromatic N) is 1. The van der Waals surface area contributed by atoms with Gasteiger partial charge < -0.3 is 15.0 Å². The number of nitrogens with one attached hydrogen (secondary N) is 2. The smallest absolute Gasteiger partial charge is 0.408 e. The number of ether oxygens (including phenoxy) is 1. The maximum Gasteiger partial charge on any atom is 0.408 e. The first-order valence-corrected chi connectivity index (χ1v) is 8.43. The number of hydrogen-bond acceptors (Lipinski definition) is 3. The van der Waals surface area contributed by atoms with Crippen LogP contribution in [-0.2, 0) is 11.3 Å². The van der Waals surface area contributed by atoms with Crippen molar-refractivity contribution in [2.45, 2.75) is 6.61 Å². The van der Waals surface area contributed by atoms with Gasteiger partial charge >= 0.3 is 6.09 Å². The largest absolute Gasteiger partial charge is 0.445 e. The topological polar surface area (TPSA) is 59.0 Å². The molecule has 2 aromatic carbocycles. The van der Waals surface area contributed by atoms with Crippen LogP contribution in [-0.4, -0.2) is 22.2 Å². The SMILES string of the molecule is O=C(NCC#Cc1ccc(-n2cc[nH]c2=S)cc1)OCc1ccccc1. The summed E-state index contributed by atoms with van der Waals surface area (Å²) in [6, 6.07) is 17.2. The summed E-state index contributed by atoms with van der Waals surface area (Å²) in [4.78, 5) is 14.6. The van der Waals surface area contributed by atoms with Crippen molar-refractivity contribution in [1.82, 2.24) is 14.9 Å². The van der Waals surface area contributed by atoms with Gasteiger partial charge in [-0.1, -0.05) is 42.2 Å². The molecule has 3 rings (SSSR count). The number of amides is 1. The predicted octanol–water partition coefficient (Wildman–Crippen LogP) is 3.81. The molecule has 5 nitrogen and oxygen atoms in total. The van der Waals surface area contributed by atoms with Crippen molar-refractivity contribution >= 4 is 18.3 Å². The molecule has 130 valence electrons. The molecule has 1 amide bonds. The van der Waals surface area contributed by atoms with Gasteiger partial charge in [0.1, 0.15) is 6.61 Å². The van der Waals surface area contributed by atoms with Gasteiger partial charge in [-0.05, 0) is 42.0 Å². The second-order valence-corrected chi connectivity index (χ2v) is 5.79. The Hall–Kier alpha value is -3.30. The molecule has 0 fully saturated rings. The molecule has 6 heteroatoms. The summed E-state index contributed by atoms with van der Waals surface area (Å²) in [5.74, 6) is 5.90. The minimum atomic E-state index is -0.486. The molecule has 1 heterocycles.